The summed E-state index contributed by atoms with van der Waals surface area (Å²) in [6.07, 6.45) is 1.75. The van der Waals surface area contributed by atoms with Crippen molar-refractivity contribution in [2.75, 3.05) is 0 Å². The molecule has 3 rings (SSSR count). The molecule has 0 radical (unpaired) electrons. The van der Waals surface area contributed by atoms with Gasteiger partial charge in [0.05, 0.1) is 6.04 Å². The molecule has 2 aromatic rings. The highest BCUT2D eigenvalue weighted by Crippen LogP contribution is 2.35. The van der Waals surface area contributed by atoms with Gasteiger partial charge < -0.3 is 0 Å². The van der Waals surface area contributed by atoms with E-state index in [-0.39, 0.29) is 17.7 Å². The van der Waals surface area contributed by atoms with Crippen LogP contribution in [0.3, 0.4) is 0 Å². The third-order valence-electron chi connectivity index (χ3n) is 4.14. The third kappa shape index (κ3) is 2.94. The molecule has 0 saturated carbocycles. The summed E-state index contributed by atoms with van der Waals surface area (Å²) < 4.78 is 0. The monoisotopic (exact) mass is 277 g/mol. The molecule has 0 spiro atoms. The van der Waals surface area contributed by atoms with Crippen LogP contribution < -0.4 is 0 Å². The van der Waals surface area contributed by atoms with Crippen LogP contribution in [0, 0.1) is 5.92 Å². The van der Waals surface area contributed by atoms with Crippen LogP contribution in [-0.2, 0) is 4.79 Å². The Balaban J connectivity index is 2.00. The molecule has 0 fully saturated rings. The number of carbonyl (C=O) groups excluding carboxylic acids is 1. The van der Waals surface area contributed by atoms with Gasteiger partial charge in [0.15, 0.2) is 0 Å². The number of carbonyl (C=O) groups is 1. The van der Waals surface area contributed by atoms with Crippen LogP contribution in [-0.4, -0.2) is 11.5 Å². The number of nitrogens with zero attached hydrogens (tertiary/aromatic N) is 1. The molecular formula is C19H19NO. The van der Waals surface area contributed by atoms with E-state index in [9.17, 15) is 4.79 Å². The fraction of sp³-hybridized carbons (Fsp3) is 0.263. The van der Waals surface area contributed by atoms with Crippen LogP contribution in [0.25, 0.3) is 0 Å². The van der Waals surface area contributed by atoms with Crippen LogP contribution >= 0.6 is 0 Å². The van der Waals surface area contributed by atoms with E-state index in [0.717, 1.165) is 24.1 Å². The zero-order valence-corrected chi connectivity index (χ0v) is 12.2. The molecule has 1 heterocycles. The Labute approximate surface area is 125 Å². The number of ketones is 1. The summed E-state index contributed by atoms with van der Waals surface area (Å²) in [5, 5.41) is 0. The van der Waals surface area contributed by atoms with Gasteiger partial charge in [-0.2, -0.15) is 0 Å². The Morgan fingerprint density at radius 1 is 1.00 bits per heavy atom. The van der Waals surface area contributed by atoms with Crippen molar-refractivity contribution in [1.29, 1.82) is 0 Å². The number of benzene rings is 2. The van der Waals surface area contributed by atoms with Crippen LogP contribution in [0.1, 0.15) is 36.9 Å². The second-order valence-corrected chi connectivity index (χ2v) is 5.55. The molecule has 0 bridgehead atoms. The van der Waals surface area contributed by atoms with Gasteiger partial charge in [-0.3, -0.25) is 9.79 Å². The van der Waals surface area contributed by atoms with Gasteiger partial charge in [0.1, 0.15) is 5.78 Å². The van der Waals surface area contributed by atoms with Crippen molar-refractivity contribution in [3.8, 4) is 0 Å². The maximum atomic E-state index is 12.0. The molecule has 2 unspecified atom stereocenters. The van der Waals surface area contributed by atoms with Crippen molar-refractivity contribution >= 4 is 11.5 Å². The summed E-state index contributed by atoms with van der Waals surface area (Å²) in [4.78, 5) is 16.9. The summed E-state index contributed by atoms with van der Waals surface area (Å²) in [7, 11) is 0. The van der Waals surface area contributed by atoms with E-state index in [1.807, 2.05) is 36.4 Å². The van der Waals surface area contributed by atoms with Crippen molar-refractivity contribution in [3.05, 3.63) is 71.8 Å². The summed E-state index contributed by atoms with van der Waals surface area (Å²) in [6.45, 7) is 1.68. The molecule has 21 heavy (non-hydrogen) atoms. The molecule has 106 valence electrons. The Bertz CT molecular complexity index is 646. The Kier molecular flexibility index (Phi) is 3.96. The van der Waals surface area contributed by atoms with E-state index in [0.29, 0.717) is 0 Å². The van der Waals surface area contributed by atoms with Gasteiger partial charge in [0, 0.05) is 11.6 Å². The maximum Gasteiger partial charge on any atom is 0.135 e. The molecule has 1 aliphatic rings. The van der Waals surface area contributed by atoms with E-state index in [1.54, 1.807) is 6.92 Å². The molecule has 2 heteroatoms. The highest BCUT2D eigenvalue weighted by atomic mass is 16.1. The van der Waals surface area contributed by atoms with Crippen LogP contribution in [0.15, 0.2) is 65.7 Å². The predicted octanol–water partition coefficient (Wildman–Crippen LogP) is 4.22. The van der Waals surface area contributed by atoms with E-state index >= 15 is 0 Å². The SMILES string of the molecule is CC(=O)C1CCC(c2ccccc2)=NC1c1ccccc1. The molecule has 2 aromatic carbocycles. The average molecular weight is 277 g/mol. The Morgan fingerprint density at radius 2 is 1.62 bits per heavy atom. The summed E-state index contributed by atoms with van der Waals surface area (Å²) in [5.74, 6) is 0.236. The average Bonchev–Trinajstić information content (AvgIpc) is 2.56. The summed E-state index contributed by atoms with van der Waals surface area (Å²) in [5.41, 5.74) is 3.41. The zero-order valence-electron chi connectivity index (χ0n) is 12.2. The van der Waals surface area contributed by atoms with E-state index in [2.05, 4.69) is 24.3 Å². The van der Waals surface area contributed by atoms with Gasteiger partial charge in [0.2, 0.25) is 0 Å². The Morgan fingerprint density at radius 3 is 2.24 bits per heavy atom. The number of aliphatic imine (C=N–C) groups is 1. The summed E-state index contributed by atoms with van der Waals surface area (Å²) in [6, 6.07) is 20.4. The fourth-order valence-electron chi connectivity index (χ4n) is 3.00. The molecule has 0 saturated heterocycles. The second-order valence-electron chi connectivity index (χ2n) is 5.55. The van der Waals surface area contributed by atoms with Crippen LogP contribution in [0.5, 0.6) is 0 Å². The van der Waals surface area contributed by atoms with Gasteiger partial charge in [0.25, 0.3) is 0 Å². The highest BCUT2D eigenvalue weighted by Gasteiger charge is 2.30. The minimum Gasteiger partial charge on any atom is -0.300 e. The minimum atomic E-state index is -0.0485. The van der Waals surface area contributed by atoms with E-state index in [4.69, 9.17) is 4.99 Å². The molecular weight excluding hydrogens is 258 g/mol. The first-order chi connectivity index (χ1) is 10.3. The second kappa shape index (κ2) is 6.04. The molecule has 0 aromatic heterocycles. The first-order valence-corrected chi connectivity index (χ1v) is 7.43. The standard InChI is InChI=1S/C19H19NO/c1-14(21)17-12-13-18(15-8-4-2-5-9-15)20-19(17)16-10-6-3-7-11-16/h2-11,17,19H,12-13H2,1H3. The van der Waals surface area contributed by atoms with Crippen molar-refractivity contribution in [2.24, 2.45) is 10.9 Å². The van der Waals surface area contributed by atoms with Gasteiger partial charge in [-0.15, -0.1) is 0 Å². The topological polar surface area (TPSA) is 29.4 Å². The quantitative estimate of drug-likeness (QED) is 0.826. The van der Waals surface area contributed by atoms with Crippen molar-refractivity contribution in [1.82, 2.24) is 0 Å². The van der Waals surface area contributed by atoms with Crippen molar-refractivity contribution in [2.45, 2.75) is 25.8 Å². The third-order valence-corrected chi connectivity index (χ3v) is 4.14. The summed E-state index contributed by atoms with van der Waals surface area (Å²) >= 11 is 0. The number of hydrogen-bond acceptors (Lipinski definition) is 2. The normalized spacial score (nSPS) is 21.7. The zero-order chi connectivity index (χ0) is 14.7. The van der Waals surface area contributed by atoms with Crippen molar-refractivity contribution in [3.63, 3.8) is 0 Å². The molecule has 0 N–H and O–H groups in total. The van der Waals surface area contributed by atoms with Crippen LogP contribution in [0.2, 0.25) is 0 Å². The number of hydrogen-bond donors (Lipinski definition) is 0. The lowest BCUT2D eigenvalue weighted by Gasteiger charge is -2.28. The molecule has 2 atom stereocenters. The lowest BCUT2D eigenvalue weighted by Crippen LogP contribution is -2.25. The smallest absolute Gasteiger partial charge is 0.135 e. The maximum absolute atomic E-state index is 12.0. The van der Waals surface area contributed by atoms with Gasteiger partial charge in [-0.1, -0.05) is 60.7 Å². The fourth-order valence-corrected chi connectivity index (χ4v) is 3.00. The molecule has 1 aliphatic heterocycles. The molecule has 2 nitrogen and oxygen atoms in total. The molecule has 0 aliphatic carbocycles. The Hall–Kier alpha value is -2.22. The predicted molar refractivity (Wildman–Crippen MR) is 85.6 cm³/mol. The van der Waals surface area contributed by atoms with Gasteiger partial charge in [-0.25, -0.2) is 0 Å². The molecule has 0 amide bonds. The first kappa shape index (κ1) is 13.7. The number of Topliss-reactive ketones (excluding diaryl/α,β-unsaturated/α-hetero) is 1. The van der Waals surface area contributed by atoms with Crippen LogP contribution in [0.4, 0.5) is 0 Å². The van der Waals surface area contributed by atoms with E-state index < -0.39 is 0 Å². The lowest BCUT2D eigenvalue weighted by atomic mass is 9.82. The first-order valence-electron chi connectivity index (χ1n) is 7.43. The van der Waals surface area contributed by atoms with Crippen molar-refractivity contribution < 1.29 is 4.79 Å². The van der Waals surface area contributed by atoms with Gasteiger partial charge in [-0.05, 0) is 30.9 Å². The van der Waals surface area contributed by atoms with Gasteiger partial charge >= 0.3 is 0 Å². The lowest BCUT2D eigenvalue weighted by molar-refractivity contribution is -0.121. The largest absolute Gasteiger partial charge is 0.300 e. The minimum absolute atomic E-state index is 0.000128. The number of rotatable bonds is 3. The highest BCUT2D eigenvalue weighted by molar-refractivity contribution is 6.01. The van der Waals surface area contributed by atoms with E-state index in [1.165, 1.54) is 5.56 Å².